The topological polar surface area (TPSA) is 98.5 Å². The Morgan fingerprint density at radius 3 is 2.66 bits per heavy atom. The summed E-state index contributed by atoms with van der Waals surface area (Å²) < 4.78 is 19.9. The lowest BCUT2D eigenvalue weighted by Gasteiger charge is -2.42. The molecule has 1 amide bonds. The fraction of sp³-hybridized carbons (Fsp3) is 0.303. The van der Waals surface area contributed by atoms with Gasteiger partial charge < -0.3 is 19.4 Å². The molecule has 0 saturated carbocycles. The molecule has 2 aliphatic heterocycles. The number of fused-ring (bicyclic) bond motifs is 2. The van der Waals surface area contributed by atoms with Crippen LogP contribution in [-0.4, -0.2) is 58.0 Å². The Labute approximate surface area is 263 Å². The molecule has 4 aromatic rings. The smallest absolute Gasteiger partial charge is 0.319 e. The van der Waals surface area contributed by atoms with Gasteiger partial charge in [-0.1, -0.05) is 43.0 Å². The Morgan fingerprint density at radius 1 is 1.09 bits per heavy atom. The Morgan fingerprint density at radius 2 is 1.91 bits per heavy atom. The van der Waals surface area contributed by atoms with Crippen LogP contribution in [0.25, 0.3) is 10.8 Å². The number of ether oxygens (including phenoxy) is 1. The average Bonchev–Trinajstić information content (AvgIpc) is 3.03. The normalized spacial score (nSPS) is 16.1. The van der Waals surface area contributed by atoms with Gasteiger partial charge in [-0.15, -0.1) is 0 Å². The van der Waals surface area contributed by atoms with Crippen molar-refractivity contribution in [3.63, 3.8) is 0 Å². The van der Waals surface area contributed by atoms with Crippen molar-refractivity contribution in [3.05, 3.63) is 95.7 Å². The lowest BCUT2D eigenvalue weighted by molar-refractivity contribution is -0.131. The number of anilines is 2. The zero-order valence-electron chi connectivity index (χ0n) is 24.5. The minimum atomic E-state index is -1.02. The molecule has 0 N–H and O–H groups in total. The predicted octanol–water partition coefficient (Wildman–Crippen LogP) is 5.00. The SMILES string of the molecule is C=C(F)C(=O)N1CCN(c2nc(OCc3ccccn3)nc3c2CCN(c2cccc4cccc(C)c24)C3)C[C@@H]1CC#N.S. The number of amides is 1. The highest BCUT2D eigenvalue weighted by Crippen LogP contribution is 2.36. The third-order valence-electron chi connectivity index (χ3n) is 8.13. The largest absolute Gasteiger partial charge is 0.457 e. The number of carbonyl (C=O) groups excluding carboxylic acids is 1. The summed E-state index contributed by atoms with van der Waals surface area (Å²) in [6.07, 6.45) is 2.49. The van der Waals surface area contributed by atoms with E-state index in [4.69, 9.17) is 14.7 Å². The van der Waals surface area contributed by atoms with Gasteiger partial charge in [0.05, 0.1) is 36.5 Å². The molecule has 1 atom stereocenters. The highest BCUT2D eigenvalue weighted by atomic mass is 32.1. The monoisotopic (exact) mass is 611 g/mol. The molecule has 226 valence electrons. The summed E-state index contributed by atoms with van der Waals surface area (Å²) in [5, 5.41) is 11.9. The molecule has 11 heteroatoms. The van der Waals surface area contributed by atoms with Crippen molar-refractivity contribution < 1.29 is 13.9 Å². The third-order valence-corrected chi connectivity index (χ3v) is 8.13. The molecular weight excluding hydrogens is 577 g/mol. The van der Waals surface area contributed by atoms with Gasteiger partial charge in [0.2, 0.25) is 0 Å². The van der Waals surface area contributed by atoms with Gasteiger partial charge >= 0.3 is 6.01 Å². The Bertz CT molecular complexity index is 1720. The van der Waals surface area contributed by atoms with E-state index in [1.165, 1.54) is 21.2 Å². The summed E-state index contributed by atoms with van der Waals surface area (Å²) >= 11 is 0. The molecule has 0 radical (unpaired) electrons. The highest BCUT2D eigenvalue weighted by Gasteiger charge is 2.35. The van der Waals surface area contributed by atoms with E-state index in [-0.39, 0.29) is 39.1 Å². The second-order valence-electron chi connectivity index (χ2n) is 10.9. The zero-order valence-corrected chi connectivity index (χ0v) is 25.5. The summed E-state index contributed by atoms with van der Waals surface area (Å²) in [6, 6.07) is 20.2. The molecule has 2 aliphatic rings. The van der Waals surface area contributed by atoms with Crippen molar-refractivity contribution in [1.82, 2.24) is 19.9 Å². The summed E-state index contributed by atoms with van der Waals surface area (Å²) in [5.41, 5.74) is 5.01. The predicted molar refractivity (Wildman–Crippen MR) is 173 cm³/mol. The number of aromatic nitrogens is 3. The average molecular weight is 612 g/mol. The van der Waals surface area contributed by atoms with Crippen molar-refractivity contribution >= 4 is 41.7 Å². The van der Waals surface area contributed by atoms with Crippen molar-refractivity contribution in [3.8, 4) is 12.1 Å². The number of hydrogen-bond donors (Lipinski definition) is 0. The number of carbonyl (C=O) groups is 1. The van der Waals surface area contributed by atoms with Crippen LogP contribution in [0.5, 0.6) is 6.01 Å². The fourth-order valence-electron chi connectivity index (χ4n) is 6.06. The molecule has 0 spiro atoms. The van der Waals surface area contributed by atoms with E-state index in [2.05, 4.69) is 70.8 Å². The lowest BCUT2D eigenvalue weighted by atomic mass is 9.99. The number of hydrogen-bond acceptors (Lipinski definition) is 8. The minimum Gasteiger partial charge on any atom is -0.457 e. The van der Waals surface area contributed by atoms with Gasteiger partial charge in [0.25, 0.3) is 5.91 Å². The first-order valence-corrected chi connectivity index (χ1v) is 14.4. The molecule has 2 aromatic heterocycles. The highest BCUT2D eigenvalue weighted by molar-refractivity contribution is 7.59. The molecular formula is C33H34FN7O2S. The van der Waals surface area contributed by atoms with Gasteiger partial charge in [-0.2, -0.15) is 28.7 Å². The molecule has 0 bridgehead atoms. The maximum Gasteiger partial charge on any atom is 0.319 e. The van der Waals surface area contributed by atoms with E-state index < -0.39 is 17.8 Å². The molecule has 0 unspecified atom stereocenters. The molecule has 2 aromatic carbocycles. The number of halogens is 1. The van der Waals surface area contributed by atoms with Crippen LogP contribution in [0.1, 0.15) is 28.9 Å². The molecule has 4 heterocycles. The Hall–Kier alpha value is -4.69. The number of benzene rings is 2. The molecule has 0 aliphatic carbocycles. The van der Waals surface area contributed by atoms with Crippen LogP contribution in [0.15, 0.2) is 73.2 Å². The standard InChI is InChI=1S/C33H32FN7O2.H2S/c1-22-7-5-8-24-9-6-11-29(30(22)24)39-16-13-27-28(20-39)37-33(43-21-25-10-3-4-15-36-25)38-31(27)40-17-18-41(32(42)23(2)34)26(19-40)12-14-35;/h3-11,15,26H,2,12-13,16-21H2,1H3;1H2/t26-;/m0./s1. The first-order valence-electron chi connectivity index (χ1n) is 14.4. The molecule has 9 nitrogen and oxygen atoms in total. The van der Waals surface area contributed by atoms with Crippen LogP contribution >= 0.6 is 13.5 Å². The first-order chi connectivity index (χ1) is 20.9. The lowest BCUT2D eigenvalue weighted by Crippen LogP contribution is -2.55. The fourth-order valence-corrected chi connectivity index (χ4v) is 6.06. The summed E-state index contributed by atoms with van der Waals surface area (Å²) in [5.74, 6) is -1.07. The maximum absolute atomic E-state index is 13.8. The van der Waals surface area contributed by atoms with Crippen LogP contribution in [0.3, 0.4) is 0 Å². The van der Waals surface area contributed by atoms with Crippen molar-refractivity contribution in [1.29, 1.82) is 5.26 Å². The molecule has 1 saturated heterocycles. The second-order valence-corrected chi connectivity index (χ2v) is 10.9. The molecule has 6 rings (SSSR count). The van der Waals surface area contributed by atoms with Gasteiger partial charge in [0, 0.05) is 49.0 Å². The van der Waals surface area contributed by atoms with Crippen LogP contribution in [0.4, 0.5) is 15.9 Å². The third kappa shape index (κ3) is 6.17. The van der Waals surface area contributed by atoms with Gasteiger partial charge in [-0.3, -0.25) is 9.78 Å². The van der Waals surface area contributed by atoms with Crippen LogP contribution in [0.2, 0.25) is 0 Å². The van der Waals surface area contributed by atoms with Gasteiger partial charge in [-0.25, -0.2) is 4.39 Å². The van der Waals surface area contributed by atoms with Crippen molar-refractivity contribution in [2.75, 3.05) is 36.0 Å². The van der Waals surface area contributed by atoms with Crippen molar-refractivity contribution in [2.24, 2.45) is 0 Å². The Balaban J connectivity index is 0.00000384. The minimum absolute atomic E-state index is 0. The zero-order chi connectivity index (χ0) is 29.9. The quantitative estimate of drug-likeness (QED) is 0.269. The number of nitriles is 1. The number of pyridine rings is 1. The van der Waals surface area contributed by atoms with E-state index in [0.717, 1.165) is 35.0 Å². The number of rotatable bonds is 7. The number of nitrogens with zero attached hydrogens (tertiary/aromatic N) is 7. The van der Waals surface area contributed by atoms with E-state index >= 15 is 0 Å². The summed E-state index contributed by atoms with van der Waals surface area (Å²) in [4.78, 5) is 32.4. The maximum atomic E-state index is 13.8. The van der Waals surface area contributed by atoms with Gasteiger partial charge in [-0.05, 0) is 42.5 Å². The molecule has 44 heavy (non-hydrogen) atoms. The Kier molecular flexibility index (Phi) is 9.30. The number of aryl methyl sites for hydroxylation is 1. The van der Waals surface area contributed by atoms with Gasteiger partial charge in [0.15, 0.2) is 5.83 Å². The number of piperazine rings is 1. The molecule has 1 fully saturated rings. The summed E-state index contributed by atoms with van der Waals surface area (Å²) in [7, 11) is 0. The first kappa shape index (κ1) is 30.8. The van der Waals surface area contributed by atoms with Crippen molar-refractivity contribution in [2.45, 2.75) is 39.0 Å². The second kappa shape index (κ2) is 13.3. The van der Waals surface area contributed by atoms with Crippen LogP contribution in [-0.2, 0) is 24.4 Å². The van der Waals surface area contributed by atoms with E-state index in [9.17, 15) is 14.4 Å². The van der Waals surface area contributed by atoms with E-state index in [1.807, 2.05) is 18.2 Å². The van der Waals surface area contributed by atoms with Crippen LogP contribution < -0.4 is 14.5 Å². The van der Waals surface area contributed by atoms with Crippen LogP contribution in [0, 0.1) is 18.3 Å². The summed E-state index contributed by atoms with van der Waals surface area (Å²) in [6.45, 7) is 7.87. The van der Waals surface area contributed by atoms with E-state index in [1.54, 1.807) is 6.20 Å². The van der Waals surface area contributed by atoms with E-state index in [0.29, 0.717) is 26.1 Å². The van der Waals surface area contributed by atoms with Gasteiger partial charge in [0.1, 0.15) is 12.4 Å².